The number of sulfonamides is 1. The van der Waals surface area contributed by atoms with Gasteiger partial charge in [-0.25, -0.2) is 8.42 Å². The molecule has 3 rings (SSSR count). The van der Waals surface area contributed by atoms with Crippen LogP contribution in [0.1, 0.15) is 10.4 Å². The van der Waals surface area contributed by atoms with Crippen LogP contribution in [0.4, 0.5) is 11.4 Å². The topological polar surface area (TPSA) is 95.6 Å². The van der Waals surface area contributed by atoms with E-state index in [1.54, 1.807) is 66.7 Å². The van der Waals surface area contributed by atoms with Crippen molar-refractivity contribution in [2.75, 3.05) is 23.2 Å². The molecule has 0 saturated carbocycles. The lowest BCUT2D eigenvalue weighted by molar-refractivity contribution is -0.114. The Morgan fingerprint density at radius 1 is 0.867 bits per heavy atom. The van der Waals surface area contributed by atoms with E-state index in [1.807, 2.05) is 0 Å². The van der Waals surface area contributed by atoms with Crippen molar-refractivity contribution in [3.05, 3.63) is 90.5 Å². The van der Waals surface area contributed by atoms with Crippen molar-refractivity contribution in [3.63, 3.8) is 0 Å². The molecule has 0 radical (unpaired) electrons. The summed E-state index contributed by atoms with van der Waals surface area (Å²) in [7, 11) is -2.44. The van der Waals surface area contributed by atoms with E-state index in [0.717, 1.165) is 4.31 Å². The molecule has 0 saturated heterocycles. The summed E-state index contributed by atoms with van der Waals surface area (Å²) >= 11 is 0. The van der Waals surface area contributed by atoms with Crippen molar-refractivity contribution >= 4 is 33.2 Å². The first-order valence-electron chi connectivity index (χ1n) is 9.16. The molecule has 3 aromatic rings. The van der Waals surface area contributed by atoms with Crippen molar-refractivity contribution in [2.24, 2.45) is 0 Å². The van der Waals surface area contributed by atoms with Crippen LogP contribution in [0.5, 0.6) is 0 Å². The molecular formula is C22H21N3O4S. The molecule has 0 fully saturated rings. The molecule has 3 aromatic carbocycles. The van der Waals surface area contributed by atoms with E-state index in [1.165, 1.54) is 25.2 Å². The summed E-state index contributed by atoms with van der Waals surface area (Å²) in [5.41, 5.74) is 1.15. The number of rotatable bonds is 7. The Labute approximate surface area is 175 Å². The first-order valence-corrected chi connectivity index (χ1v) is 10.6. The fourth-order valence-corrected chi connectivity index (χ4v) is 4.28. The lowest BCUT2D eigenvalue weighted by atomic mass is 10.2. The summed E-state index contributed by atoms with van der Waals surface area (Å²) in [6, 6.07) is 22.8. The molecule has 2 N–H and O–H groups in total. The molecule has 7 nitrogen and oxygen atoms in total. The van der Waals surface area contributed by atoms with Gasteiger partial charge in [0.15, 0.2) is 0 Å². The van der Waals surface area contributed by atoms with Crippen LogP contribution in [0.15, 0.2) is 89.8 Å². The highest BCUT2D eigenvalue weighted by molar-refractivity contribution is 7.92. The number of nitrogens with zero attached hydrogens (tertiary/aromatic N) is 1. The Bertz CT molecular complexity index is 1130. The highest BCUT2D eigenvalue weighted by Crippen LogP contribution is 2.23. The van der Waals surface area contributed by atoms with E-state index in [2.05, 4.69) is 10.6 Å². The fourth-order valence-electron chi connectivity index (χ4n) is 2.84. The van der Waals surface area contributed by atoms with Crippen LogP contribution in [-0.2, 0) is 14.8 Å². The predicted octanol–water partition coefficient (Wildman–Crippen LogP) is 2.88. The van der Waals surface area contributed by atoms with Crippen LogP contribution < -0.4 is 14.9 Å². The van der Waals surface area contributed by atoms with Crippen molar-refractivity contribution in [3.8, 4) is 0 Å². The third-order valence-corrected chi connectivity index (χ3v) is 6.09. The normalized spacial score (nSPS) is 10.8. The molecule has 0 unspecified atom stereocenters. The van der Waals surface area contributed by atoms with E-state index in [-0.39, 0.29) is 10.8 Å². The minimum Gasteiger partial charge on any atom is -0.355 e. The zero-order chi connectivity index (χ0) is 21.6. The van der Waals surface area contributed by atoms with E-state index in [9.17, 15) is 18.0 Å². The molecule has 2 amide bonds. The van der Waals surface area contributed by atoms with Crippen molar-refractivity contribution in [1.29, 1.82) is 0 Å². The van der Waals surface area contributed by atoms with Crippen LogP contribution >= 0.6 is 0 Å². The van der Waals surface area contributed by atoms with Gasteiger partial charge in [-0.2, -0.15) is 0 Å². The number of hydrogen-bond acceptors (Lipinski definition) is 4. The molecular weight excluding hydrogens is 402 g/mol. The Morgan fingerprint density at radius 2 is 1.50 bits per heavy atom. The number of anilines is 2. The van der Waals surface area contributed by atoms with Crippen molar-refractivity contribution < 1.29 is 18.0 Å². The van der Waals surface area contributed by atoms with E-state index in [4.69, 9.17) is 0 Å². The maximum absolute atomic E-state index is 13.2. The van der Waals surface area contributed by atoms with Gasteiger partial charge in [-0.1, -0.05) is 42.5 Å². The lowest BCUT2D eigenvalue weighted by Gasteiger charge is -2.24. The van der Waals surface area contributed by atoms with Gasteiger partial charge >= 0.3 is 0 Å². The quantitative estimate of drug-likeness (QED) is 0.611. The zero-order valence-corrected chi connectivity index (χ0v) is 17.1. The maximum atomic E-state index is 13.2. The second kappa shape index (κ2) is 9.23. The molecule has 154 valence electrons. The number of amides is 2. The van der Waals surface area contributed by atoms with E-state index in [0.29, 0.717) is 16.9 Å². The van der Waals surface area contributed by atoms with Crippen LogP contribution in [0.3, 0.4) is 0 Å². The number of carbonyl (C=O) groups excluding carboxylic acids is 2. The van der Waals surface area contributed by atoms with E-state index >= 15 is 0 Å². The molecule has 0 aromatic heterocycles. The van der Waals surface area contributed by atoms with Crippen LogP contribution in [0.2, 0.25) is 0 Å². The Kier molecular flexibility index (Phi) is 6.48. The second-order valence-electron chi connectivity index (χ2n) is 6.37. The van der Waals surface area contributed by atoms with Gasteiger partial charge in [0, 0.05) is 18.3 Å². The molecule has 0 aliphatic carbocycles. The molecule has 8 heteroatoms. The number of hydrogen-bond donors (Lipinski definition) is 2. The van der Waals surface area contributed by atoms with Gasteiger partial charge in [0.05, 0.1) is 10.6 Å². The SMILES string of the molecule is CNC(=O)c1cccc(NC(=O)CN(c2ccccc2)S(=O)(=O)c2ccccc2)c1. The largest absolute Gasteiger partial charge is 0.355 e. The highest BCUT2D eigenvalue weighted by atomic mass is 32.2. The molecule has 0 aliphatic heterocycles. The summed E-state index contributed by atoms with van der Waals surface area (Å²) in [5, 5.41) is 5.17. The zero-order valence-electron chi connectivity index (χ0n) is 16.3. The fraction of sp³-hybridized carbons (Fsp3) is 0.0909. The van der Waals surface area contributed by atoms with Crippen LogP contribution in [0, 0.1) is 0 Å². The minimum absolute atomic E-state index is 0.0864. The van der Waals surface area contributed by atoms with Crippen molar-refractivity contribution in [2.45, 2.75) is 4.90 Å². The molecule has 0 spiro atoms. The summed E-state index contributed by atoms with van der Waals surface area (Å²) in [6.45, 7) is -0.425. The smallest absolute Gasteiger partial charge is 0.264 e. The third-order valence-electron chi connectivity index (χ3n) is 4.30. The summed E-state index contributed by atoms with van der Waals surface area (Å²) in [6.07, 6.45) is 0. The van der Waals surface area contributed by atoms with E-state index < -0.39 is 22.5 Å². The lowest BCUT2D eigenvalue weighted by Crippen LogP contribution is -2.38. The van der Waals surface area contributed by atoms with Gasteiger partial charge in [-0.15, -0.1) is 0 Å². The first kappa shape index (κ1) is 21.1. The molecule has 0 aliphatic rings. The molecule has 30 heavy (non-hydrogen) atoms. The monoisotopic (exact) mass is 423 g/mol. The van der Waals surface area contributed by atoms with Crippen LogP contribution in [0.25, 0.3) is 0 Å². The number of para-hydroxylation sites is 1. The molecule has 0 atom stereocenters. The maximum Gasteiger partial charge on any atom is 0.264 e. The van der Waals surface area contributed by atoms with Gasteiger partial charge in [0.2, 0.25) is 5.91 Å². The van der Waals surface area contributed by atoms with Crippen molar-refractivity contribution in [1.82, 2.24) is 5.32 Å². The first-order chi connectivity index (χ1) is 14.4. The van der Waals surface area contributed by atoms with Gasteiger partial charge in [0.1, 0.15) is 6.54 Å². The number of benzene rings is 3. The average Bonchev–Trinajstić information content (AvgIpc) is 2.78. The third kappa shape index (κ3) is 4.84. The average molecular weight is 423 g/mol. The highest BCUT2D eigenvalue weighted by Gasteiger charge is 2.27. The number of nitrogens with one attached hydrogen (secondary N) is 2. The Morgan fingerprint density at radius 3 is 2.13 bits per heavy atom. The second-order valence-corrected chi connectivity index (χ2v) is 8.23. The Balaban J connectivity index is 1.87. The summed E-state index contributed by atoms with van der Waals surface area (Å²) in [4.78, 5) is 24.6. The molecule has 0 bridgehead atoms. The standard InChI is InChI=1S/C22H21N3O4S/c1-23-22(27)17-9-8-10-18(15-17)24-21(26)16-25(19-11-4-2-5-12-19)30(28,29)20-13-6-3-7-14-20/h2-15H,16H2,1H3,(H,23,27)(H,24,26). The summed E-state index contributed by atoms with van der Waals surface area (Å²) in [5.74, 6) is -0.823. The molecule has 0 heterocycles. The predicted molar refractivity (Wildman–Crippen MR) is 116 cm³/mol. The minimum atomic E-state index is -3.96. The van der Waals surface area contributed by atoms with Gasteiger partial charge < -0.3 is 10.6 Å². The van der Waals surface area contributed by atoms with Gasteiger partial charge in [-0.3, -0.25) is 13.9 Å². The van der Waals surface area contributed by atoms with Gasteiger partial charge in [-0.05, 0) is 42.5 Å². The van der Waals surface area contributed by atoms with Gasteiger partial charge in [0.25, 0.3) is 15.9 Å². The number of carbonyl (C=O) groups is 2. The summed E-state index contributed by atoms with van der Waals surface area (Å²) < 4.78 is 27.4. The Hall–Kier alpha value is -3.65. The van der Waals surface area contributed by atoms with Crippen LogP contribution in [-0.4, -0.2) is 33.8 Å².